The third-order valence-corrected chi connectivity index (χ3v) is 0.847. The molecule has 4 N–H and O–H groups in total. The van der Waals surface area contributed by atoms with Crippen LogP contribution in [0.15, 0.2) is 12.2 Å². The molecular weight excluding hydrogens is 118 g/mol. The lowest BCUT2D eigenvalue weighted by Crippen LogP contribution is -2.01. The van der Waals surface area contributed by atoms with Gasteiger partial charge in [-0.2, -0.15) is 0 Å². The van der Waals surface area contributed by atoms with Gasteiger partial charge >= 0.3 is 0 Å². The fraction of sp³-hybridized carbons (Fsp3) is 0.667. The third-order valence-electron chi connectivity index (χ3n) is 0.847. The van der Waals surface area contributed by atoms with Crippen LogP contribution in [-0.4, -0.2) is 23.0 Å². The lowest BCUT2D eigenvalue weighted by atomic mass is 10.3. The van der Waals surface area contributed by atoms with Gasteiger partial charge in [0.2, 0.25) is 0 Å². The number of hydrogen-bond acceptors (Lipinski definition) is 3. The molecule has 54 valence electrons. The van der Waals surface area contributed by atoms with Crippen molar-refractivity contribution in [3.63, 3.8) is 0 Å². The molecule has 0 atom stereocenters. The minimum absolute atomic E-state index is 0.292. The second-order valence-electron chi connectivity index (χ2n) is 1.77. The molecule has 0 aliphatic heterocycles. The van der Waals surface area contributed by atoms with Gasteiger partial charge in [-0.3, -0.25) is 0 Å². The summed E-state index contributed by atoms with van der Waals surface area (Å²) in [6.45, 7) is 0.609. The molecule has 3 nitrogen and oxygen atoms in total. The molecule has 0 aliphatic carbocycles. The maximum Gasteiger partial charge on any atom is 0.154 e. The van der Waals surface area contributed by atoms with E-state index in [4.69, 9.17) is 15.9 Å². The van der Waals surface area contributed by atoms with Gasteiger partial charge in [0, 0.05) is 6.42 Å². The maximum absolute atomic E-state index is 8.32. The van der Waals surface area contributed by atoms with Crippen LogP contribution in [-0.2, 0) is 0 Å². The van der Waals surface area contributed by atoms with Gasteiger partial charge < -0.3 is 15.9 Å². The largest absolute Gasteiger partial charge is 0.368 e. The van der Waals surface area contributed by atoms with E-state index in [1.165, 1.54) is 0 Å². The van der Waals surface area contributed by atoms with Crippen LogP contribution >= 0.6 is 0 Å². The smallest absolute Gasteiger partial charge is 0.154 e. The molecular formula is C6H13NO2. The van der Waals surface area contributed by atoms with E-state index >= 15 is 0 Å². The van der Waals surface area contributed by atoms with E-state index < -0.39 is 6.29 Å². The van der Waals surface area contributed by atoms with Gasteiger partial charge in [-0.1, -0.05) is 12.2 Å². The highest BCUT2D eigenvalue weighted by atomic mass is 16.5. The lowest BCUT2D eigenvalue weighted by molar-refractivity contribution is -0.0361. The van der Waals surface area contributed by atoms with Crippen LogP contribution in [0.4, 0.5) is 0 Å². The minimum Gasteiger partial charge on any atom is -0.368 e. The Morgan fingerprint density at radius 1 is 1.33 bits per heavy atom. The number of aliphatic hydroxyl groups excluding tert-OH is 1. The second kappa shape index (κ2) is 5.75. The van der Waals surface area contributed by atoms with Crippen LogP contribution in [0.2, 0.25) is 0 Å². The van der Waals surface area contributed by atoms with E-state index in [1.54, 1.807) is 6.08 Å². The first-order chi connectivity index (χ1) is 4.27. The van der Waals surface area contributed by atoms with E-state index in [0.29, 0.717) is 13.0 Å². The van der Waals surface area contributed by atoms with Crippen molar-refractivity contribution in [1.82, 2.24) is 0 Å². The van der Waals surface area contributed by atoms with E-state index in [9.17, 15) is 0 Å². The van der Waals surface area contributed by atoms with Crippen molar-refractivity contribution >= 4 is 0 Å². The lowest BCUT2D eigenvalue weighted by Gasteiger charge is -1.94. The second-order valence-corrected chi connectivity index (χ2v) is 1.77. The summed E-state index contributed by atoms with van der Waals surface area (Å²) in [6.07, 6.45) is 3.41. The van der Waals surface area contributed by atoms with Crippen molar-refractivity contribution in [2.45, 2.75) is 19.1 Å². The fourth-order valence-electron chi connectivity index (χ4n) is 0.432. The van der Waals surface area contributed by atoms with Crippen LogP contribution in [0.25, 0.3) is 0 Å². The third kappa shape index (κ3) is 7.62. The molecule has 0 bridgehead atoms. The van der Waals surface area contributed by atoms with E-state index in [1.807, 2.05) is 6.08 Å². The van der Waals surface area contributed by atoms with Crippen molar-refractivity contribution in [2.75, 3.05) is 6.54 Å². The Morgan fingerprint density at radius 2 is 2.00 bits per heavy atom. The zero-order valence-corrected chi connectivity index (χ0v) is 5.33. The summed E-state index contributed by atoms with van der Waals surface area (Å²) in [6, 6.07) is 0. The Labute approximate surface area is 54.8 Å². The van der Waals surface area contributed by atoms with Gasteiger partial charge in [-0.05, 0) is 13.0 Å². The quantitative estimate of drug-likeness (QED) is 0.359. The van der Waals surface area contributed by atoms with Gasteiger partial charge in [-0.15, -0.1) is 0 Å². The Hall–Kier alpha value is -0.380. The topological polar surface area (TPSA) is 66.5 Å². The number of rotatable bonds is 4. The summed E-state index contributed by atoms with van der Waals surface area (Å²) in [5, 5.41) is 16.6. The van der Waals surface area contributed by atoms with Crippen molar-refractivity contribution in [1.29, 1.82) is 0 Å². The van der Waals surface area contributed by atoms with Crippen molar-refractivity contribution in [3.05, 3.63) is 12.2 Å². The summed E-state index contributed by atoms with van der Waals surface area (Å²) in [4.78, 5) is 0. The van der Waals surface area contributed by atoms with Crippen LogP contribution < -0.4 is 5.73 Å². The molecule has 0 fully saturated rings. The van der Waals surface area contributed by atoms with Crippen LogP contribution in [0, 0.1) is 0 Å². The SMILES string of the molecule is NCC/C=C/CC(O)O. The van der Waals surface area contributed by atoms with Crippen LogP contribution in [0.1, 0.15) is 12.8 Å². The van der Waals surface area contributed by atoms with Gasteiger partial charge in [0.25, 0.3) is 0 Å². The summed E-state index contributed by atoms with van der Waals surface area (Å²) in [5.74, 6) is 0. The summed E-state index contributed by atoms with van der Waals surface area (Å²) in [7, 11) is 0. The fourth-order valence-corrected chi connectivity index (χ4v) is 0.432. The number of aliphatic hydroxyl groups is 2. The zero-order chi connectivity index (χ0) is 7.11. The van der Waals surface area contributed by atoms with Crippen molar-refractivity contribution in [3.8, 4) is 0 Å². The molecule has 3 heteroatoms. The van der Waals surface area contributed by atoms with Gasteiger partial charge in [0.15, 0.2) is 6.29 Å². The zero-order valence-electron chi connectivity index (χ0n) is 5.33. The molecule has 0 spiro atoms. The van der Waals surface area contributed by atoms with Gasteiger partial charge in [0.05, 0.1) is 0 Å². The molecule has 0 aromatic rings. The maximum atomic E-state index is 8.32. The molecule has 0 saturated carbocycles. The standard InChI is InChI=1S/C6H13NO2/c7-5-3-1-2-4-6(8)9/h1-2,6,8-9H,3-5,7H2/b2-1+. The first-order valence-electron chi connectivity index (χ1n) is 2.98. The predicted octanol–water partition coefficient (Wildman–Crippen LogP) is -0.408. The normalized spacial score (nSPS) is 11.6. The molecule has 0 amide bonds. The molecule has 0 saturated heterocycles. The van der Waals surface area contributed by atoms with Gasteiger partial charge in [0.1, 0.15) is 0 Å². The number of nitrogens with two attached hydrogens (primary N) is 1. The van der Waals surface area contributed by atoms with Crippen molar-refractivity contribution in [2.24, 2.45) is 5.73 Å². The highest BCUT2D eigenvalue weighted by Crippen LogP contribution is 1.88. The molecule has 0 unspecified atom stereocenters. The monoisotopic (exact) mass is 131 g/mol. The van der Waals surface area contributed by atoms with Crippen molar-refractivity contribution < 1.29 is 10.2 Å². The van der Waals surface area contributed by atoms with Gasteiger partial charge in [-0.25, -0.2) is 0 Å². The predicted molar refractivity (Wildman–Crippen MR) is 35.7 cm³/mol. The first kappa shape index (κ1) is 8.62. The molecule has 0 radical (unpaired) electrons. The highest BCUT2D eigenvalue weighted by Gasteiger charge is 1.88. The Balaban J connectivity index is 3.04. The van der Waals surface area contributed by atoms with E-state index in [0.717, 1.165) is 6.42 Å². The highest BCUT2D eigenvalue weighted by molar-refractivity contribution is 4.81. The van der Waals surface area contributed by atoms with Crippen LogP contribution in [0.3, 0.4) is 0 Å². The Kier molecular flexibility index (Phi) is 5.51. The molecule has 0 rings (SSSR count). The Bertz CT molecular complexity index is 81.1. The summed E-state index contributed by atoms with van der Waals surface area (Å²) >= 11 is 0. The molecule has 0 aliphatic rings. The molecule has 9 heavy (non-hydrogen) atoms. The average Bonchev–Trinajstić information content (AvgIpc) is 1.80. The first-order valence-corrected chi connectivity index (χ1v) is 2.98. The summed E-state index contributed by atoms with van der Waals surface area (Å²) in [5.41, 5.74) is 5.17. The Morgan fingerprint density at radius 3 is 2.44 bits per heavy atom. The minimum atomic E-state index is -1.22. The molecule has 0 aromatic carbocycles. The number of hydrogen-bond donors (Lipinski definition) is 3. The molecule has 0 aromatic heterocycles. The average molecular weight is 131 g/mol. The van der Waals surface area contributed by atoms with Crippen LogP contribution in [0.5, 0.6) is 0 Å². The van der Waals surface area contributed by atoms with E-state index in [2.05, 4.69) is 0 Å². The summed E-state index contributed by atoms with van der Waals surface area (Å²) < 4.78 is 0. The molecule has 0 heterocycles. The van der Waals surface area contributed by atoms with E-state index in [-0.39, 0.29) is 0 Å².